The maximum atomic E-state index is 11.8. The van der Waals surface area contributed by atoms with Crippen LogP contribution in [0.4, 0.5) is 0 Å². The molecular formula is C15H33Cl2N3O. The second kappa shape index (κ2) is 11.5. The van der Waals surface area contributed by atoms with Crippen LogP contribution in [-0.2, 0) is 4.79 Å². The lowest BCUT2D eigenvalue weighted by molar-refractivity contribution is -0.122. The van der Waals surface area contributed by atoms with Gasteiger partial charge in [0.2, 0.25) is 5.91 Å². The maximum absolute atomic E-state index is 11.8. The predicted molar refractivity (Wildman–Crippen MR) is 94.3 cm³/mol. The summed E-state index contributed by atoms with van der Waals surface area (Å²) in [6, 6.07) is -0.354. The van der Waals surface area contributed by atoms with Crippen molar-refractivity contribution in [1.82, 2.24) is 10.2 Å². The molecule has 3 N–H and O–H groups in total. The molecule has 1 rings (SSSR count). The van der Waals surface area contributed by atoms with E-state index in [9.17, 15) is 4.79 Å². The molecule has 1 heterocycles. The van der Waals surface area contributed by atoms with Gasteiger partial charge in [-0.25, -0.2) is 0 Å². The quantitative estimate of drug-likeness (QED) is 0.746. The normalized spacial score (nSPS) is 20.0. The molecule has 0 spiro atoms. The Kier molecular flexibility index (Phi) is 12.8. The zero-order chi connectivity index (χ0) is 14.4. The monoisotopic (exact) mass is 341 g/mol. The Bertz CT molecular complexity index is 288. The van der Waals surface area contributed by atoms with Gasteiger partial charge in [0.1, 0.15) is 0 Å². The van der Waals surface area contributed by atoms with Crippen molar-refractivity contribution in [2.24, 2.45) is 23.5 Å². The molecule has 6 heteroatoms. The summed E-state index contributed by atoms with van der Waals surface area (Å²) in [5.41, 5.74) is 5.87. The van der Waals surface area contributed by atoms with Gasteiger partial charge in [0.25, 0.3) is 0 Å². The first-order chi connectivity index (χ1) is 8.88. The van der Waals surface area contributed by atoms with Crippen LogP contribution in [0.5, 0.6) is 0 Å². The van der Waals surface area contributed by atoms with Crippen LogP contribution in [-0.4, -0.2) is 43.0 Å². The zero-order valence-electron chi connectivity index (χ0n) is 13.8. The minimum absolute atomic E-state index is 0. The molecule has 128 valence electrons. The topological polar surface area (TPSA) is 58.4 Å². The molecule has 21 heavy (non-hydrogen) atoms. The second-order valence-corrected chi connectivity index (χ2v) is 6.79. The van der Waals surface area contributed by atoms with Crippen molar-refractivity contribution in [3.63, 3.8) is 0 Å². The Morgan fingerprint density at radius 2 is 1.86 bits per heavy atom. The van der Waals surface area contributed by atoms with Crippen molar-refractivity contribution >= 4 is 30.7 Å². The number of rotatable bonds is 7. The van der Waals surface area contributed by atoms with Gasteiger partial charge in [-0.15, -0.1) is 24.8 Å². The highest BCUT2D eigenvalue weighted by Gasteiger charge is 2.24. The van der Waals surface area contributed by atoms with E-state index in [0.29, 0.717) is 17.8 Å². The fraction of sp³-hybridized carbons (Fsp3) is 0.933. The number of halogens is 2. The van der Waals surface area contributed by atoms with Crippen molar-refractivity contribution in [2.75, 3.05) is 26.2 Å². The lowest BCUT2D eigenvalue weighted by Gasteiger charge is -2.19. The van der Waals surface area contributed by atoms with E-state index in [4.69, 9.17) is 5.73 Å². The summed E-state index contributed by atoms with van der Waals surface area (Å²) in [6.07, 6.45) is 1.95. The Morgan fingerprint density at radius 1 is 1.24 bits per heavy atom. The number of carbonyl (C=O) groups is 1. The van der Waals surface area contributed by atoms with Crippen LogP contribution >= 0.6 is 24.8 Å². The summed E-state index contributed by atoms with van der Waals surface area (Å²) in [6.45, 7) is 12.9. The molecule has 1 aliphatic rings. The smallest absolute Gasteiger partial charge is 0.236 e. The zero-order valence-corrected chi connectivity index (χ0v) is 15.4. The van der Waals surface area contributed by atoms with Crippen molar-refractivity contribution in [3.05, 3.63) is 0 Å². The third-order valence-electron chi connectivity index (χ3n) is 3.62. The minimum Gasteiger partial charge on any atom is -0.354 e. The summed E-state index contributed by atoms with van der Waals surface area (Å²) in [5.74, 6) is 1.78. The molecule has 1 amide bonds. The molecule has 1 unspecified atom stereocenters. The van der Waals surface area contributed by atoms with Gasteiger partial charge in [-0.2, -0.15) is 0 Å². The van der Waals surface area contributed by atoms with Crippen LogP contribution in [0.2, 0.25) is 0 Å². The Morgan fingerprint density at radius 3 is 2.38 bits per heavy atom. The van der Waals surface area contributed by atoms with Gasteiger partial charge in [-0.1, -0.05) is 27.7 Å². The fourth-order valence-corrected chi connectivity index (χ4v) is 2.75. The van der Waals surface area contributed by atoms with Gasteiger partial charge in [-0.05, 0) is 37.1 Å². The van der Waals surface area contributed by atoms with Gasteiger partial charge in [0.15, 0.2) is 0 Å². The Hall–Kier alpha value is -0.0300. The van der Waals surface area contributed by atoms with Gasteiger partial charge >= 0.3 is 0 Å². The SMILES string of the molecule is CC(C)C[C@H](N)C(=O)NCC1CCN(CC(C)C)C1.Cl.Cl. The van der Waals surface area contributed by atoms with E-state index in [1.807, 2.05) is 0 Å². The molecule has 0 aromatic heterocycles. The molecule has 0 bridgehead atoms. The lowest BCUT2D eigenvalue weighted by atomic mass is 10.0. The van der Waals surface area contributed by atoms with Crippen molar-refractivity contribution in [2.45, 2.75) is 46.6 Å². The molecular weight excluding hydrogens is 309 g/mol. The minimum atomic E-state index is -0.354. The van der Waals surface area contributed by atoms with Crippen LogP contribution in [0.1, 0.15) is 40.5 Å². The van der Waals surface area contributed by atoms with E-state index >= 15 is 0 Å². The van der Waals surface area contributed by atoms with Gasteiger partial charge < -0.3 is 16.0 Å². The van der Waals surface area contributed by atoms with Crippen molar-refractivity contribution in [1.29, 1.82) is 0 Å². The van der Waals surface area contributed by atoms with Crippen molar-refractivity contribution in [3.8, 4) is 0 Å². The number of amides is 1. The number of likely N-dealkylation sites (tertiary alicyclic amines) is 1. The first kappa shape index (κ1) is 23.2. The molecule has 4 nitrogen and oxygen atoms in total. The highest BCUT2D eigenvalue weighted by Crippen LogP contribution is 2.16. The number of carbonyl (C=O) groups excluding carboxylic acids is 1. The van der Waals surface area contributed by atoms with E-state index in [0.717, 1.165) is 32.6 Å². The molecule has 0 radical (unpaired) electrons. The van der Waals surface area contributed by atoms with E-state index in [2.05, 4.69) is 37.9 Å². The highest BCUT2D eigenvalue weighted by atomic mass is 35.5. The number of nitrogens with one attached hydrogen (secondary N) is 1. The van der Waals surface area contributed by atoms with E-state index < -0.39 is 0 Å². The second-order valence-electron chi connectivity index (χ2n) is 6.79. The molecule has 0 saturated carbocycles. The summed E-state index contributed by atoms with van der Waals surface area (Å²) >= 11 is 0. The first-order valence-electron chi connectivity index (χ1n) is 7.64. The number of nitrogens with zero attached hydrogens (tertiary/aromatic N) is 1. The average Bonchev–Trinajstić information content (AvgIpc) is 2.71. The van der Waals surface area contributed by atoms with Crippen LogP contribution in [0.3, 0.4) is 0 Å². The predicted octanol–water partition coefficient (Wildman–Crippen LogP) is 2.30. The maximum Gasteiger partial charge on any atom is 0.236 e. The average molecular weight is 342 g/mol. The molecule has 0 aliphatic carbocycles. The molecule has 0 aromatic rings. The summed E-state index contributed by atoms with van der Waals surface area (Å²) in [4.78, 5) is 14.3. The number of nitrogens with two attached hydrogens (primary N) is 1. The first-order valence-corrected chi connectivity index (χ1v) is 7.64. The largest absolute Gasteiger partial charge is 0.354 e. The van der Waals surface area contributed by atoms with Crippen LogP contribution < -0.4 is 11.1 Å². The lowest BCUT2D eigenvalue weighted by Crippen LogP contribution is -2.43. The number of hydrogen-bond acceptors (Lipinski definition) is 3. The van der Waals surface area contributed by atoms with E-state index in [1.165, 1.54) is 6.42 Å². The summed E-state index contributed by atoms with van der Waals surface area (Å²) < 4.78 is 0. The number of hydrogen-bond donors (Lipinski definition) is 2. The van der Waals surface area contributed by atoms with E-state index in [-0.39, 0.29) is 36.8 Å². The van der Waals surface area contributed by atoms with Gasteiger partial charge in [-0.3, -0.25) is 4.79 Å². The molecule has 1 saturated heterocycles. The fourth-order valence-electron chi connectivity index (χ4n) is 2.75. The molecule has 0 aromatic carbocycles. The van der Waals surface area contributed by atoms with Crippen LogP contribution in [0.25, 0.3) is 0 Å². The van der Waals surface area contributed by atoms with Crippen LogP contribution in [0.15, 0.2) is 0 Å². The van der Waals surface area contributed by atoms with Gasteiger partial charge in [0, 0.05) is 19.6 Å². The third-order valence-corrected chi connectivity index (χ3v) is 3.62. The van der Waals surface area contributed by atoms with Crippen LogP contribution in [0, 0.1) is 17.8 Å². The van der Waals surface area contributed by atoms with Gasteiger partial charge in [0.05, 0.1) is 6.04 Å². The van der Waals surface area contributed by atoms with Crippen molar-refractivity contribution < 1.29 is 4.79 Å². The Labute approximate surface area is 142 Å². The molecule has 1 aliphatic heterocycles. The third kappa shape index (κ3) is 9.56. The summed E-state index contributed by atoms with van der Waals surface area (Å²) in [7, 11) is 0. The Balaban J connectivity index is 0. The standard InChI is InChI=1S/C15H31N3O.2ClH/c1-11(2)7-14(16)15(19)17-8-13-5-6-18(10-13)9-12(3)4;;/h11-14H,5-10,16H2,1-4H3,(H,17,19);2*1H/t13?,14-;;/m0../s1. The summed E-state index contributed by atoms with van der Waals surface area (Å²) in [5, 5.41) is 3.01. The van der Waals surface area contributed by atoms with E-state index in [1.54, 1.807) is 0 Å². The molecule has 2 atom stereocenters. The molecule has 1 fully saturated rings. The highest BCUT2D eigenvalue weighted by molar-refractivity contribution is 5.85.